The summed E-state index contributed by atoms with van der Waals surface area (Å²) in [6.45, 7) is 0.658. The maximum Gasteiger partial charge on any atom is 0.274 e. The Labute approximate surface area is 133 Å². The van der Waals surface area contributed by atoms with Gasteiger partial charge in [-0.2, -0.15) is 0 Å². The second kappa shape index (κ2) is 7.26. The lowest BCUT2D eigenvalue weighted by Gasteiger charge is -2.23. The van der Waals surface area contributed by atoms with Gasteiger partial charge in [0.25, 0.3) is 11.6 Å². The Morgan fingerprint density at radius 1 is 0.739 bits per heavy atom. The summed E-state index contributed by atoms with van der Waals surface area (Å²) in [5, 5.41) is 0. The van der Waals surface area contributed by atoms with Crippen LogP contribution < -0.4 is 4.90 Å². The van der Waals surface area contributed by atoms with Crippen molar-refractivity contribution < 1.29 is 19.2 Å². The van der Waals surface area contributed by atoms with Crippen molar-refractivity contribution in [3.63, 3.8) is 0 Å². The molecule has 0 amide bonds. The first-order chi connectivity index (χ1) is 11.0. The van der Waals surface area contributed by atoms with E-state index in [1.54, 1.807) is 53.4 Å². The predicted octanol–water partition coefficient (Wildman–Crippen LogP) is 2.12. The summed E-state index contributed by atoms with van der Waals surface area (Å²) in [6, 6.07) is 18.0. The van der Waals surface area contributed by atoms with Gasteiger partial charge in [-0.05, 0) is 24.3 Å². The number of hydrogen-bond donors (Lipinski definition) is 0. The highest BCUT2D eigenvalue weighted by atomic mass is 16.2. The number of nitrogens with zero attached hydrogens (tertiary/aromatic N) is 1. The molecule has 0 spiro atoms. The minimum Gasteiger partial charge on any atom is -0.334 e. The van der Waals surface area contributed by atoms with Crippen molar-refractivity contribution in [2.24, 2.45) is 0 Å². The zero-order chi connectivity index (χ0) is 16.8. The Balaban J connectivity index is 2.29. The summed E-state index contributed by atoms with van der Waals surface area (Å²) in [4.78, 5) is 47.8. The average molecular weight is 309 g/mol. The summed E-state index contributed by atoms with van der Waals surface area (Å²) in [7, 11) is 0. The summed E-state index contributed by atoms with van der Waals surface area (Å²) in [5.41, 5.74) is 1.41. The molecule has 2 aromatic carbocycles. The fraction of sp³-hybridized carbons (Fsp3) is 0.111. The Morgan fingerprint density at radius 2 is 1.17 bits per heavy atom. The highest BCUT2D eigenvalue weighted by Crippen LogP contribution is 2.24. The first-order valence-electron chi connectivity index (χ1n) is 7.00. The summed E-state index contributed by atoms with van der Waals surface area (Å²) in [6.07, 6.45) is 0. The van der Waals surface area contributed by atoms with Gasteiger partial charge >= 0.3 is 0 Å². The summed E-state index contributed by atoms with van der Waals surface area (Å²) < 4.78 is 0. The number of carbonyl (C=O) groups is 4. The Hall–Kier alpha value is -3.08. The number of Topliss-reactive ketones (excluding diaryl/α,β-unsaturated/α-hetero) is 4. The Bertz CT molecular complexity index is 699. The molecule has 0 unspecified atom stereocenters. The van der Waals surface area contributed by atoms with Crippen molar-refractivity contribution in [2.45, 2.75) is 6.92 Å². The van der Waals surface area contributed by atoms with Crippen LogP contribution in [0, 0.1) is 0 Å². The molecule has 5 heteroatoms. The van der Waals surface area contributed by atoms with Crippen LogP contribution in [-0.2, 0) is 19.2 Å². The molecule has 0 aliphatic carbocycles. The first-order valence-corrected chi connectivity index (χ1v) is 7.00. The van der Waals surface area contributed by atoms with Crippen LogP contribution in [0.1, 0.15) is 6.92 Å². The van der Waals surface area contributed by atoms with Crippen LogP contribution in [0.15, 0.2) is 60.7 Å². The lowest BCUT2D eigenvalue weighted by molar-refractivity contribution is -0.147. The molecule has 0 atom stereocenters. The van der Waals surface area contributed by atoms with E-state index in [1.807, 2.05) is 12.1 Å². The second-order valence-electron chi connectivity index (χ2n) is 4.89. The van der Waals surface area contributed by atoms with E-state index in [4.69, 9.17) is 0 Å². The van der Waals surface area contributed by atoms with Gasteiger partial charge in [0.15, 0.2) is 0 Å². The van der Waals surface area contributed by atoms with Crippen LogP contribution in [0.5, 0.6) is 0 Å². The van der Waals surface area contributed by atoms with Gasteiger partial charge in [-0.1, -0.05) is 36.4 Å². The van der Waals surface area contributed by atoms with Crippen LogP contribution >= 0.6 is 0 Å². The Kier molecular flexibility index (Phi) is 5.15. The molecule has 0 aliphatic rings. The van der Waals surface area contributed by atoms with Gasteiger partial charge in [0, 0.05) is 18.3 Å². The molecule has 2 aromatic rings. The van der Waals surface area contributed by atoms with Crippen molar-refractivity contribution in [2.75, 3.05) is 11.4 Å². The van der Waals surface area contributed by atoms with E-state index >= 15 is 0 Å². The third-order valence-electron chi connectivity index (χ3n) is 3.22. The smallest absolute Gasteiger partial charge is 0.274 e. The predicted molar refractivity (Wildman–Crippen MR) is 85.6 cm³/mol. The number of anilines is 2. The standard InChI is InChI=1S/C18H15NO4/c1-13(20)17(22)18(23)16(21)12-19(14-8-4-2-5-9-14)15-10-6-3-7-11-15/h2-11H,12H2,1H3. The van der Waals surface area contributed by atoms with Crippen molar-refractivity contribution in [3.05, 3.63) is 60.7 Å². The maximum atomic E-state index is 12.1. The molecule has 0 saturated carbocycles. The van der Waals surface area contributed by atoms with E-state index in [2.05, 4.69) is 0 Å². The zero-order valence-electron chi connectivity index (χ0n) is 12.6. The van der Waals surface area contributed by atoms with E-state index in [-0.39, 0.29) is 6.54 Å². The highest BCUT2D eigenvalue weighted by molar-refractivity contribution is 6.78. The highest BCUT2D eigenvalue weighted by Gasteiger charge is 2.28. The number of ketones is 4. The average Bonchev–Trinajstić information content (AvgIpc) is 2.59. The van der Waals surface area contributed by atoms with Gasteiger partial charge in [0.2, 0.25) is 11.6 Å². The molecule has 5 nitrogen and oxygen atoms in total. The molecule has 0 aromatic heterocycles. The third kappa shape index (κ3) is 3.97. The fourth-order valence-electron chi connectivity index (χ4n) is 2.05. The van der Waals surface area contributed by atoms with Crippen molar-refractivity contribution in [3.8, 4) is 0 Å². The van der Waals surface area contributed by atoms with Crippen molar-refractivity contribution in [1.29, 1.82) is 0 Å². The number of carbonyl (C=O) groups excluding carboxylic acids is 4. The van der Waals surface area contributed by atoms with Crippen LogP contribution in [0.3, 0.4) is 0 Å². The van der Waals surface area contributed by atoms with Gasteiger partial charge in [-0.3, -0.25) is 19.2 Å². The molecule has 0 heterocycles. The Morgan fingerprint density at radius 3 is 1.57 bits per heavy atom. The molecule has 0 aliphatic heterocycles. The molecule has 0 N–H and O–H groups in total. The monoisotopic (exact) mass is 309 g/mol. The largest absolute Gasteiger partial charge is 0.334 e. The second-order valence-corrected chi connectivity index (χ2v) is 4.89. The number of para-hydroxylation sites is 2. The molecule has 0 bridgehead atoms. The molecule has 116 valence electrons. The van der Waals surface area contributed by atoms with Crippen LogP contribution in [0.2, 0.25) is 0 Å². The number of rotatable bonds is 7. The number of benzene rings is 2. The summed E-state index contributed by atoms with van der Waals surface area (Å²) in [5.74, 6) is -4.42. The van der Waals surface area contributed by atoms with Gasteiger partial charge < -0.3 is 4.90 Å². The minimum absolute atomic E-state index is 0.314. The quantitative estimate of drug-likeness (QED) is 0.579. The zero-order valence-corrected chi connectivity index (χ0v) is 12.6. The maximum absolute atomic E-state index is 12.1. The van der Waals surface area contributed by atoms with E-state index in [9.17, 15) is 19.2 Å². The molecular formula is C18H15NO4. The normalized spacial score (nSPS) is 9.96. The van der Waals surface area contributed by atoms with Gasteiger partial charge in [-0.15, -0.1) is 0 Å². The topological polar surface area (TPSA) is 71.5 Å². The van der Waals surface area contributed by atoms with Crippen molar-refractivity contribution >= 4 is 34.5 Å². The third-order valence-corrected chi connectivity index (χ3v) is 3.22. The lowest BCUT2D eigenvalue weighted by atomic mass is 10.1. The van der Waals surface area contributed by atoms with E-state index in [0.717, 1.165) is 6.92 Å². The molecule has 0 saturated heterocycles. The van der Waals surface area contributed by atoms with E-state index in [1.165, 1.54) is 0 Å². The van der Waals surface area contributed by atoms with Crippen LogP contribution in [0.25, 0.3) is 0 Å². The van der Waals surface area contributed by atoms with Crippen LogP contribution in [0.4, 0.5) is 11.4 Å². The molecule has 23 heavy (non-hydrogen) atoms. The lowest BCUT2D eigenvalue weighted by Crippen LogP contribution is -2.36. The van der Waals surface area contributed by atoms with Gasteiger partial charge in [0.05, 0.1) is 6.54 Å². The molecule has 0 radical (unpaired) electrons. The van der Waals surface area contributed by atoms with Gasteiger partial charge in [-0.25, -0.2) is 0 Å². The van der Waals surface area contributed by atoms with E-state index in [0.29, 0.717) is 11.4 Å². The first kappa shape index (κ1) is 16.3. The molecule has 2 rings (SSSR count). The molecule has 0 fully saturated rings. The number of hydrogen-bond acceptors (Lipinski definition) is 5. The summed E-state index contributed by atoms with van der Waals surface area (Å²) >= 11 is 0. The van der Waals surface area contributed by atoms with Crippen molar-refractivity contribution in [1.82, 2.24) is 0 Å². The van der Waals surface area contributed by atoms with Gasteiger partial charge in [0.1, 0.15) is 0 Å². The van der Waals surface area contributed by atoms with Crippen LogP contribution in [-0.4, -0.2) is 29.7 Å². The SMILES string of the molecule is CC(=O)C(=O)C(=O)C(=O)CN(c1ccccc1)c1ccccc1. The molecular weight excluding hydrogens is 294 g/mol. The fourth-order valence-corrected chi connectivity index (χ4v) is 2.05. The minimum atomic E-state index is -1.28. The van der Waals surface area contributed by atoms with E-state index < -0.39 is 23.1 Å².